The van der Waals surface area contributed by atoms with Crippen LogP contribution < -0.4 is 33.3 Å². The number of thioether (sulfide) groups is 1. The molecular weight excluding hydrogens is 417 g/mol. The van der Waals surface area contributed by atoms with Gasteiger partial charge in [-0.1, -0.05) is 49.0 Å². The average Bonchev–Trinajstić information content (AvgIpc) is 2.57. The van der Waals surface area contributed by atoms with E-state index < -0.39 is 0 Å². The molecule has 2 nitrogen and oxygen atoms in total. The number of nitrogens with zero attached hydrogens (tertiary/aromatic N) is 1. The third kappa shape index (κ3) is 4.18. The maximum Gasteiger partial charge on any atom is 0.240 e. The number of benzene rings is 2. The molecule has 0 spiro atoms. The average molecular weight is 437 g/mol. The molecule has 120 valence electrons. The fourth-order valence-electron chi connectivity index (χ4n) is 2.61. The predicted octanol–water partition coefficient (Wildman–Crippen LogP) is 1.30. The van der Waals surface area contributed by atoms with Crippen LogP contribution >= 0.6 is 11.8 Å². The highest BCUT2D eigenvalue weighted by atomic mass is 127. The van der Waals surface area contributed by atoms with Crippen LogP contribution in [0.15, 0.2) is 65.7 Å². The van der Waals surface area contributed by atoms with Crippen LogP contribution in [0, 0.1) is 0 Å². The summed E-state index contributed by atoms with van der Waals surface area (Å²) in [5, 5.41) is 2.50. The summed E-state index contributed by atoms with van der Waals surface area (Å²) in [7, 11) is 1.71. The highest BCUT2D eigenvalue weighted by Crippen LogP contribution is 2.22. The molecule has 1 heterocycles. The van der Waals surface area contributed by atoms with Crippen molar-refractivity contribution in [3.05, 3.63) is 66.2 Å². The predicted molar refractivity (Wildman–Crippen MR) is 92.6 cm³/mol. The Morgan fingerprint density at radius 1 is 1.00 bits per heavy atom. The van der Waals surface area contributed by atoms with Crippen molar-refractivity contribution >= 4 is 22.7 Å². The number of halogens is 1. The van der Waals surface area contributed by atoms with E-state index in [0.29, 0.717) is 0 Å². The topological polar surface area (TPSA) is 13.1 Å². The minimum atomic E-state index is 0. The van der Waals surface area contributed by atoms with Crippen LogP contribution in [0.2, 0.25) is 0 Å². The summed E-state index contributed by atoms with van der Waals surface area (Å²) >= 11 is 1.88. The van der Waals surface area contributed by atoms with E-state index in [2.05, 4.69) is 66.1 Å². The number of fused-ring (bicyclic) bond motifs is 1. The summed E-state index contributed by atoms with van der Waals surface area (Å²) in [4.78, 5) is 0. The number of hydrogen-bond donors (Lipinski definition) is 0. The van der Waals surface area contributed by atoms with Gasteiger partial charge in [-0.25, -0.2) is 0 Å². The lowest BCUT2D eigenvalue weighted by Crippen LogP contribution is -3.00. The Labute approximate surface area is 158 Å². The van der Waals surface area contributed by atoms with Gasteiger partial charge in [0.15, 0.2) is 6.54 Å². The van der Waals surface area contributed by atoms with Crippen LogP contribution in [-0.2, 0) is 6.54 Å². The summed E-state index contributed by atoms with van der Waals surface area (Å²) in [6.45, 7) is 3.07. The van der Waals surface area contributed by atoms with Crippen molar-refractivity contribution in [3.63, 3.8) is 0 Å². The van der Waals surface area contributed by atoms with Crippen LogP contribution in [0.3, 0.4) is 0 Å². The highest BCUT2D eigenvalue weighted by Gasteiger charge is 2.16. The number of ether oxygens (including phenoxy) is 1. The number of rotatable bonds is 5. The van der Waals surface area contributed by atoms with Crippen molar-refractivity contribution in [3.8, 4) is 5.75 Å². The van der Waals surface area contributed by atoms with Crippen LogP contribution in [0.1, 0.15) is 12.5 Å². The molecule has 23 heavy (non-hydrogen) atoms. The summed E-state index contributed by atoms with van der Waals surface area (Å²) in [6.07, 6.45) is 0. The molecular formula is C19H20INOS. The molecule has 3 aromatic rings. The molecule has 0 unspecified atom stereocenters. The van der Waals surface area contributed by atoms with Crippen LogP contribution in [0.5, 0.6) is 5.75 Å². The van der Waals surface area contributed by atoms with Gasteiger partial charge in [0, 0.05) is 23.4 Å². The largest absolute Gasteiger partial charge is 1.00 e. The molecule has 0 saturated carbocycles. The van der Waals surface area contributed by atoms with Gasteiger partial charge in [0.1, 0.15) is 5.75 Å². The van der Waals surface area contributed by atoms with Crippen molar-refractivity contribution in [1.82, 2.24) is 0 Å². The molecule has 0 N–H and O–H groups in total. The van der Waals surface area contributed by atoms with Crippen molar-refractivity contribution in [2.45, 2.75) is 18.5 Å². The van der Waals surface area contributed by atoms with Crippen molar-refractivity contribution in [1.29, 1.82) is 0 Å². The molecule has 2 aromatic carbocycles. The zero-order chi connectivity index (χ0) is 15.4. The lowest BCUT2D eigenvalue weighted by Gasteiger charge is -2.08. The van der Waals surface area contributed by atoms with E-state index in [9.17, 15) is 0 Å². The van der Waals surface area contributed by atoms with Crippen molar-refractivity contribution < 1.29 is 33.3 Å². The minimum Gasteiger partial charge on any atom is -1.00 e. The van der Waals surface area contributed by atoms with E-state index in [1.165, 1.54) is 21.5 Å². The monoisotopic (exact) mass is 437 g/mol. The Kier molecular flexibility index (Phi) is 6.72. The minimum absolute atomic E-state index is 0. The van der Waals surface area contributed by atoms with Gasteiger partial charge in [-0.2, -0.15) is 4.57 Å². The Balaban J connectivity index is 0.00000192. The second kappa shape index (κ2) is 8.55. The number of methoxy groups -OCH3 is 1. The molecule has 4 heteroatoms. The third-order valence-corrected chi connectivity index (χ3v) is 4.61. The normalized spacial score (nSPS) is 10.3. The Morgan fingerprint density at radius 3 is 2.48 bits per heavy atom. The van der Waals surface area contributed by atoms with Crippen LogP contribution in [0.4, 0.5) is 0 Å². The summed E-state index contributed by atoms with van der Waals surface area (Å²) < 4.78 is 7.73. The lowest BCUT2D eigenvalue weighted by molar-refractivity contribution is -0.699. The van der Waals surface area contributed by atoms with E-state index in [0.717, 1.165) is 18.0 Å². The van der Waals surface area contributed by atoms with E-state index in [4.69, 9.17) is 4.74 Å². The standard InChI is InChI=1S/C19H20NOS.HI/c1-3-22-19-12-9-16-13-17(21-2)10-11-18(16)20(19)14-15-7-5-4-6-8-15;/h4-13H,3,14H2,1-2H3;1H/q+1;/p-1. The SMILES string of the molecule is CCSc1ccc2cc(OC)ccc2[n+]1Cc1ccccc1.[I-]. The zero-order valence-electron chi connectivity index (χ0n) is 13.3. The Hall–Kier alpha value is -1.27. The van der Waals surface area contributed by atoms with Crippen molar-refractivity contribution in [2.24, 2.45) is 0 Å². The first-order chi connectivity index (χ1) is 10.8. The van der Waals surface area contributed by atoms with E-state index in [1.807, 2.05) is 17.8 Å². The summed E-state index contributed by atoms with van der Waals surface area (Å²) in [5.41, 5.74) is 2.55. The Morgan fingerprint density at radius 2 is 1.78 bits per heavy atom. The molecule has 0 amide bonds. The highest BCUT2D eigenvalue weighted by molar-refractivity contribution is 7.99. The maximum atomic E-state index is 5.34. The molecule has 0 atom stereocenters. The number of pyridine rings is 1. The molecule has 0 radical (unpaired) electrons. The first-order valence-electron chi connectivity index (χ1n) is 7.49. The molecule has 0 aliphatic rings. The molecule has 1 aromatic heterocycles. The molecule has 0 aliphatic carbocycles. The molecule has 0 aliphatic heterocycles. The first-order valence-corrected chi connectivity index (χ1v) is 8.47. The molecule has 0 fully saturated rings. The summed E-state index contributed by atoms with van der Waals surface area (Å²) in [6, 6.07) is 21.3. The van der Waals surface area contributed by atoms with Crippen LogP contribution in [-0.4, -0.2) is 12.9 Å². The smallest absolute Gasteiger partial charge is 0.240 e. The van der Waals surface area contributed by atoms with Gasteiger partial charge in [-0.15, -0.1) is 0 Å². The quantitative estimate of drug-likeness (QED) is 0.339. The number of hydrogen-bond acceptors (Lipinski definition) is 2. The van der Waals surface area contributed by atoms with E-state index in [1.54, 1.807) is 7.11 Å². The molecule has 0 bridgehead atoms. The molecule has 3 rings (SSSR count). The van der Waals surface area contributed by atoms with Gasteiger partial charge in [-0.3, -0.25) is 0 Å². The van der Waals surface area contributed by atoms with Crippen LogP contribution in [0.25, 0.3) is 10.9 Å². The lowest BCUT2D eigenvalue weighted by atomic mass is 10.1. The molecule has 0 saturated heterocycles. The van der Waals surface area contributed by atoms with Gasteiger partial charge in [-0.05, 0) is 18.2 Å². The van der Waals surface area contributed by atoms with Gasteiger partial charge < -0.3 is 28.7 Å². The Bertz CT molecular complexity index is 777. The van der Waals surface area contributed by atoms with Gasteiger partial charge in [0.2, 0.25) is 10.5 Å². The van der Waals surface area contributed by atoms with E-state index in [-0.39, 0.29) is 24.0 Å². The number of aromatic nitrogens is 1. The zero-order valence-corrected chi connectivity index (χ0v) is 16.3. The van der Waals surface area contributed by atoms with Gasteiger partial charge in [0.05, 0.1) is 12.5 Å². The fourth-order valence-corrected chi connectivity index (χ4v) is 3.39. The van der Waals surface area contributed by atoms with Crippen molar-refractivity contribution in [2.75, 3.05) is 12.9 Å². The first kappa shape index (κ1) is 18.1. The maximum absolute atomic E-state index is 5.34. The van der Waals surface area contributed by atoms with Gasteiger partial charge >= 0.3 is 0 Å². The fraction of sp³-hybridized carbons (Fsp3) is 0.211. The second-order valence-corrected chi connectivity index (χ2v) is 6.39. The second-order valence-electron chi connectivity index (χ2n) is 5.10. The summed E-state index contributed by atoms with van der Waals surface area (Å²) in [5.74, 6) is 1.96. The van der Waals surface area contributed by atoms with Gasteiger partial charge in [0.25, 0.3) is 0 Å². The third-order valence-electron chi connectivity index (χ3n) is 3.67. The van der Waals surface area contributed by atoms with E-state index >= 15 is 0 Å².